The van der Waals surface area contributed by atoms with Crippen molar-refractivity contribution in [2.75, 3.05) is 12.4 Å². The lowest BCUT2D eigenvalue weighted by atomic mass is 10.1. The number of thiazole rings is 1. The molecule has 140 valence electrons. The molecule has 1 N–H and O–H groups in total. The number of nitrogens with one attached hydrogen (secondary N) is 1. The lowest BCUT2D eigenvalue weighted by Crippen LogP contribution is -2.12. The second kappa shape index (κ2) is 8.18. The van der Waals surface area contributed by atoms with Crippen molar-refractivity contribution in [2.45, 2.75) is 39.7 Å². The van der Waals surface area contributed by atoms with Gasteiger partial charge in [0.25, 0.3) is 0 Å². The Morgan fingerprint density at radius 1 is 1.41 bits per heavy atom. The molecule has 0 saturated heterocycles. The van der Waals surface area contributed by atoms with Crippen LogP contribution in [0.1, 0.15) is 29.8 Å². The number of anilines is 1. The smallest absolute Gasteiger partial charge is 0.226 e. The molecule has 0 unspecified atom stereocenters. The third kappa shape index (κ3) is 4.26. The standard InChI is InChI=1S/C19H21N5O2S/c1-12-15(13(2)24(23-12)10-4-9-20)6-8-18(25)22-19-21-16-7-5-14(26-3)11-17(16)27-19/h5,7,11H,4,6,8,10H2,1-3H3,(H,21,22,25). The van der Waals surface area contributed by atoms with Crippen molar-refractivity contribution in [3.63, 3.8) is 0 Å². The summed E-state index contributed by atoms with van der Waals surface area (Å²) in [5, 5.41) is 16.7. The average Bonchev–Trinajstić information content (AvgIpc) is 3.17. The van der Waals surface area contributed by atoms with Gasteiger partial charge in [-0.05, 0) is 44.0 Å². The molecule has 2 aromatic heterocycles. The molecule has 0 spiro atoms. The first-order chi connectivity index (χ1) is 13.0. The number of benzene rings is 1. The zero-order valence-electron chi connectivity index (χ0n) is 15.6. The van der Waals surface area contributed by atoms with E-state index in [0.29, 0.717) is 30.9 Å². The highest BCUT2D eigenvalue weighted by Gasteiger charge is 2.14. The summed E-state index contributed by atoms with van der Waals surface area (Å²) < 4.78 is 8.02. The molecule has 0 aliphatic rings. The van der Waals surface area contributed by atoms with Gasteiger partial charge in [0.15, 0.2) is 5.13 Å². The van der Waals surface area contributed by atoms with Crippen LogP contribution in [0.4, 0.5) is 5.13 Å². The van der Waals surface area contributed by atoms with Gasteiger partial charge in [0.2, 0.25) is 5.91 Å². The van der Waals surface area contributed by atoms with E-state index in [1.165, 1.54) is 11.3 Å². The molecule has 0 saturated carbocycles. The third-order valence-corrected chi connectivity index (χ3v) is 5.34. The van der Waals surface area contributed by atoms with Gasteiger partial charge in [0.1, 0.15) is 5.75 Å². The number of hydrogen-bond acceptors (Lipinski definition) is 6. The molecule has 0 fully saturated rings. The normalized spacial score (nSPS) is 10.7. The molecule has 0 bridgehead atoms. The van der Waals surface area contributed by atoms with Crippen molar-refractivity contribution in [3.05, 3.63) is 35.2 Å². The Balaban J connectivity index is 1.63. The number of rotatable bonds is 7. The first-order valence-electron chi connectivity index (χ1n) is 8.66. The summed E-state index contributed by atoms with van der Waals surface area (Å²) in [5.41, 5.74) is 3.83. The van der Waals surface area contributed by atoms with Crippen molar-refractivity contribution < 1.29 is 9.53 Å². The zero-order chi connectivity index (χ0) is 19.4. The van der Waals surface area contributed by atoms with E-state index in [1.54, 1.807) is 7.11 Å². The topological polar surface area (TPSA) is 92.8 Å². The van der Waals surface area contributed by atoms with Gasteiger partial charge in [0.05, 0.1) is 42.1 Å². The summed E-state index contributed by atoms with van der Waals surface area (Å²) in [5.74, 6) is 0.688. The fraction of sp³-hybridized carbons (Fsp3) is 0.368. The number of aryl methyl sites for hydroxylation is 2. The number of nitriles is 1. The van der Waals surface area contributed by atoms with Gasteiger partial charge in [-0.2, -0.15) is 10.4 Å². The maximum absolute atomic E-state index is 12.3. The predicted molar refractivity (Wildman–Crippen MR) is 105 cm³/mol. The van der Waals surface area contributed by atoms with Crippen LogP contribution in [0.25, 0.3) is 10.2 Å². The molecule has 27 heavy (non-hydrogen) atoms. The number of fused-ring (bicyclic) bond motifs is 1. The monoisotopic (exact) mass is 383 g/mol. The van der Waals surface area contributed by atoms with E-state index in [1.807, 2.05) is 36.7 Å². The Labute approximate surface area is 161 Å². The third-order valence-electron chi connectivity index (χ3n) is 4.41. The van der Waals surface area contributed by atoms with Crippen LogP contribution >= 0.6 is 11.3 Å². The molecule has 1 amide bonds. The summed E-state index contributed by atoms with van der Waals surface area (Å²) in [6, 6.07) is 7.76. The average molecular weight is 383 g/mol. The van der Waals surface area contributed by atoms with Crippen LogP contribution in [0.2, 0.25) is 0 Å². The Hall–Kier alpha value is -2.92. The number of amides is 1. The molecule has 3 aromatic rings. The fourth-order valence-corrected chi connectivity index (χ4v) is 3.89. The van der Waals surface area contributed by atoms with Crippen LogP contribution in [0.3, 0.4) is 0 Å². The van der Waals surface area contributed by atoms with E-state index in [0.717, 1.165) is 32.9 Å². The van der Waals surface area contributed by atoms with Gasteiger partial charge in [-0.1, -0.05) is 11.3 Å². The highest BCUT2D eigenvalue weighted by atomic mass is 32.1. The van der Waals surface area contributed by atoms with Crippen LogP contribution in [-0.4, -0.2) is 27.8 Å². The summed E-state index contributed by atoms with van der Waals surface area (Å²) in [6.45, 7) is 4.49. The first kappa shape index (κ1) is 18.9. The molecule has 0 radical (unpaired) electrons. The number of hydrogen-bond donors (Lipinski definition) is 1. The number of aromatic nitrogens is 3. The molecule has 8 heteroatoms. The van der Waals surface area contributed by atoms with Crippen LogP contribution in [0, 0.1) is 25.2 Å². The fourth-order valence-electron chi connectivity index (χ4n) is 2.98. The molecule has 0 aliphatic heterocycles. The predicted octanol–water partition coefficient (Wildman–Crippen LogP) is 3.60. The van der Waals surface area contributed by atoms with Crippen molar-refractivity contribution in [1.82, 2.24) is 14.8 Å². The van der Waals surface area contributed by atoms with E-state index >= 15 is 0 Å². The van der Waals surface area contributed by atoms with Gasteiger partial charge < -0.3 is 10.1 Å². The largest absolute Gasteiger partial charge is 0.497 e. The van der Waals surface area contributed by atoms with E-state index in [9.17, 15) is 4.79 Å². The number of ether oxygens (including phenoxy) is 1. The summed E-state index contributed by atoms with van der Waals surface area (Å²) in [7, 11) is 1.62. The summed E-state index contributed by atoms with van der Waals surface area (Å²) >= 11 is 1.43. The van der Waals surface area contributed by atoms with Gasteiger partial charge in [-0.15, -0.1) is 0 Å². The zero-order valence-corrected chi connectivity index (χ0v) is 16.4. The minimum Gasteiger partial charge on any atom is -0.497 e. The molecule has 7 nitrogen and oxygen atoms in total. The minimum absolute atomic E-state index is 0.0791. The van der Waals surface area contributed by atoms with Crippen LogP contribution < -0.4 is 10.1 Å². The maximum atomic E-state index is 12.3. The first-order valence-corrected chi connectivity index (χ1v) is 9.47. The summed E-state index contributed by atoms with van der Waals surface area (Å²) in [4.78, 5) is 16.8. The van der Waals surface area contributed by atoms with Gasteiger partial charge in [0, 0.05) is 12.1 Å². The lowest BCUT2D eigenvalue weighted by Gasteiger charge is -2.04. The van der Waals surface area contributed by atoms with Crippen LogP contribution in [0.5, 0.6) is 5.75 Å². The molecular formula is C19H21N5O2S. The van der Waals surface area contributed by atoms with Gasteiger partial charge in [-0.3, -0.25) is 9.48 Å². The number of carbonyl (C=O) groups excluding carboxylic acids is 1. The van der Waals surface area contributed by atoms with Crippen molar-refractivity contribution in [3.8, 4) is 11.8 Å². The van der Waals surface area contributed by atoms with Crippen LogP contribution in [0.15, 0.2) is 18.2 Å². The highest BCUT2D eigenvalue weighted by molar-refractivity contribution is 7.22. The number of methoxy groups -OCH3 is 1. The molecule has 3 rings (SSSR count). The second-order valence-corrected chi connectivity index (χ2v) is 7.21. The lowest BCUT2D eigenvalue weighted by molar-refractivity contribution is -0.116. The second-order valence-electron chi connectivity index (χ2n) is 6.18. The number of carbonyl (C=O) groups is 1. The molecular weight excluding hydrogens is 362 g/mol. The minimum atomic E-state index is -0.0791. The Kier molecular flexibility index (Phi) is 5.72. The molecule has 0 aliphatic carbocycles. The highest BCUT2D eigenvalue weighted by Crippen LogP contribution is 2.29. The molecule has 1 aromatic carbocycles. The van der Waals surface area contributed by atoms with Crippen molar-refractivity contribution in [1.29, 1.82) is 5.26 Å². The van der Waals surface area contributed by atoms with E-state index in [4.69, 9.17) is 10.00 Å². The summed E-state index contributed by atoms with van der Waals surface area (Å²) in [6.07, 6.45) is 1.38. The molecule has 2 heterocycles. The van der Waals surface area contributed by atoms with Crippen LogP contribution in [-0.2, 0) is 17.8 Å². The Morgan fingerprint density at radius 2 is 2.22 bits per heavy atom. The molecule has 0 atom stereocenters. The van der Waals surface area contributed by atoms with E-state index < -0.39 is 0 Å². The van der Waals surface area contributed by atoms with E-state index in [-0.39, 0.29) is 5.91 Å². The van der Waals surface area contributed by atoms with Crippen molar-refractivity contribution in [2.24, 2.45) is 0 Å². The van der Waals surface area contributed by atoms with E-state index in [2.05, 4.69) is 21.5 Å². The SMILES string of the molecule is COc1ccc2nc(NC(=O)CCc3c(C)nn(CCC#N)c3C)sc2c1. The van der Waals surface area contributed by atoms with Crippen molar-refractivity contribution >= 4 is 32.6 Å². The van der Waals surface area contributed by atoms with Gasteiger partial charge in [-0.25, -0.2) is 4.98 Å². The quantitative estimate of drug-likeness (QED) is 0.673. The maximum Gasteiger partial charge on any atom is 0.226 e. The Bertz CT molecular complexity index is 1020. The number of nitrogens with zero attached hydrogens (tertiary/aromatic N) is 4. The van der Waals surface area contributed by atoms with Gasteiger partial charge >= 0.3 is 0 Å². The Morgan fingerprint density at radius 3 is 2.96 bits per heavy atom.